The molecule has 0 aliphatic heterocycles. The highest BCUT2D eigenvalue weighted by Gasteiger charge is 2.29. The second kappa shape index (κ2) is 11.7. The van der Waals surface area contributed by atoms with E-state index in [9.17, 15) is 26.0 Å². The van der Waals surface area contributed by atoms with Crippen LogP contribution in [0, 0.1) is 5.82 Å². The Morgan fingerprint density at radius 3 is 2.23 bits per heavy atom. The van der Waals surface area contributed by atoms with E-state index in [0.717, 1.165) is 24.0 Å². The molecule has 0 unspecified atom stereocenters. The Morgan fingerprint density at radius 1 is 1.03 bits per heavy atom. The molecule has 0 spiro atoms. The molecule has 0 saturated carbocycles. The van der Waals surface area contributed by atoms with Crippen LogP contribution in [0.2, 0.25) is 0 Å². The first-order valence-electron chi connectivity index (χ1n) is 9.03. The molecular formula is C20H24F4IN3O2S. The number of halogens is 5. The van der Waals surface area contributed by atoms with Crippen molar-refractivity contribution in [2.45, 2.75) is 24.9 Å². The summed E-state index contributed by atoms with van der Waals surface area (Å²) in [4.78, 5) is 4.04. The van der Waals surface area contributed by atoms with Crippen molar-refractivity contribution < 1.29 is 26.0 Å². The third kappa shape index (κ3) is 9.42. The van der Waals surface area contributed by atoms with Gasteiger partial charge in [0.2, 0.25) is 0 Å². The van der Waals surface area contributed by atoms with Crippen molar-refractivity contribution in [3.05, 3.63) is 70.5 Å². The van der Waals surface area contributed by atoms with E-state index in [1.54, 1.807) is 0 Å². The van der Waals surface area contributed by atoms with E-state index in [4.69, 9.17) is 0 Å². The van der Waals surface area contributed by atoms with Gasteiger partial charge in [-0.05, 0) is 47.4 Å². The smallest absolute Gasteiger partial charge is 0.356 e. The maximum absolute atomic E-state index is 13.6. The van der Waals surface area contributed by atoms with Gasteiger partial charge in [-0.25, -0.2) is 12.8 Å². The molecule has 0 heterocycles. The van der Waals surface area contributed by atoms with Crippen LogP contribution in [0.1, 0.15) is 22.3 Å². The second-order valence-corrected chi connectivity index (χ2v) is 8.92. The van der Waals surface area contributed by atoms with Crippen LogP contribution in [0.25, 0.3) is 0 Å². The van der Waals surface area contributed by atoms with E-state index in [0.29, 0.717) is 30.1 Å². The van der Waals surface area contributed by atoms with Crippen molar-refractivity contribution in [1.29, 1.82) is 0 Å². The third-order valence-electron chi connectivity index (χ3n) is 4.24. The largest absolute Gasteiger partial charge is 0.416 e. The molecule has 0 fully saturated rings. The van der Waals surface area contributed by atoms with Gasteiger partial charge in [0.15, 0.2) is 15.8 Å². The van der Waals surface area contributed by atoms with Gasteiger partial charge in [-0.3, -0.25) is 4.99 Å². The molecule has 0 aliphatic rings. The lowest BCUT2D eigenvalue weighted by atomic mass is 10.1. The van der Waals surface area contributed by atoms with Crippen molar-refractivity contribution >= 4 is 39.8 Å². The van der Waals surface area contributed by atoms with Crippen molar-refractivity contribution in [1.82, 2.24) is 10.6 Å². The van der Waals surface area contributed by atoms with Crippen LogP contribution >= 0.6 is 24.0 Å². The van der Waals surface area contributed by atoms with Gasteiger partial charge >= 0.3 is 6.18 Å². The molecule has 2 N–H and O–H groups in total. The first-order chi connectivity index (χ1) is 14.0. The predicted octanol–water partition coefficient (Wildman–Crippen LogP) is 3.91. The van der Waals surface area contributed by atoms with Crippen LogP contribution < -0.4 is 10.6 Å². The first kappa shape index (κ1) is 27.1. The molecular weight excluding hydrogens is 549 g/mol. The monoisotopic (exact) mass is 573 g/mol. The van der Waals surface area contributed by atoms with E-state index in [-0.39, 0.29) is 36.3 Å². The van der Waals surface area contributed by atoms with Crippen LogP contribution in [-0.4, -0.2) is 34.2 Å². The van der Waals surface area contributed by atoms with Gasteiger partial charge in [0, 0.05) is 26.4 Å². The van der Waals surface area contributed by atoms with Crippen LogP contribution in [-0.2, 0) is 34.7 Å². The van der Waals surface area contributed by atoms with Crippen LogP contribution in [0.3, 0.4) is 0 Å². The average molecular weight is 573 g/mol. The lowest BCUT2D eigenvalue weighted by Crippen LogP contribution is -2.38. The summed E-state index contributed by atoms with van der Waals surface area (Å²) in [6, 6.07) is 8.83. The molecule has 0 aromatic heterocycles. The lowest BCUT2D eigenvalue weighted by molar-refractivity contribution is -0.137. The SMILES string of the molecule is CN=C(NCCc1ccc(C(F)(F)F)cc1)NCc1cc(F)ccc1CS(C)(=O)=O.I. The summed E-state index contributed by atoms with van der Waals surface area (Å²) < 4.78 is 74.5. The predicted molar refractivity (Wildman–Crippen MR) is 124 cm³/mol. The Labute approximate surface area is 196 Å². The summed E-state index contributed by atoms with van der Waals surface area (Å²) in [5, 5.41) is 6.00. The summed E-state index contributed by atoms with van der Waals surface area (Å²) in [6.45, 7) is 0.562. The highest BCUT2D eigenvalue weighted by atomic mass is 127. The minimum absolute atomic E-state index is 0. The maximum Gasteiger partial charge on any atom is 0.416 e. The number of nitrogens with zero attached hydrogens (tertiary/aromatic N) is 1. The lowest BCUT2D eigenvalue weighted by Gasteiger charge is -2.14. The average Bonchev–Trinajstić information content (AvgIpc) is 2.65. The molecule has 0 aliphatic carbocycles. The zero-order valence-electron chi connectivity index (χ0n) is 17.0. The topological polar surface area (TPSA) is 70.6 Å². The van der Waals surface area contributed by atoms with Crippen LogP contribution in [0.4, 0.5) is 17.6 Å². The fraction of sp³-hybridized carbons (Fsp3) is 0.350. The first-order valence-corrected chi connectivity index (χ1v) is 11.1. The van der Waals surface area contributed by atoms with Gasteiger partial charge in [-0.15, -0.1) is 24.0 Å². The molecule has 172 valence electrons. The quantitative estimate of drug-likeness (QED) is 0.228. The number of benzene rings is 2. The van der Waals surface area contributed by atoms with Gasteiger partial charge in [0.1, 0.15) is 5.82 Å². The van der Waals surface area contributed by atoms with E-state index in [1.807, 2.05) is 0 Å². The van der Waals surface area contributed by atoms with Gasteiger partial charge in [0.25, 0.3) is 0 Å². The number of alkyl halides is 3. The molecule has 0 bridgehead atoms. The molecule has 31 heavy (non-hydrogen) atoms. The van der Waals surface area contributed by atoms with Gasteiger partial charge in [-0.1, -0.05) is 18.2 Å². The zero-order chi connectivity index (χ0) is 22.4. The van der Waals surface area contributed by atoms with Gasteiger partial charge in [0.05, 0.1) is 11.3 Å². The number of rotatable bonds is 7. The molecule has 0 radical (unpaired) electrons. The minimum atomic E-state index is -4.37. The molecule has 0 atom stereocenters. The van der Waals surface area contributed by atoms with E-state index < -0.39 is 27.4 Å². The van der Waals surface area contributed by atoms with Crippen LogP contribution in [0.5, 0.6) is 0 Å². The van der Waals surface area contributed by atoms with E-state index in [1.165, 1.54) is 37.4 Å². The fourth-order valence-corrected chi connectivity index (χ4v) is 3.61. The zero-order valence-corrected chi connectivity index (χ0v) is 20.1. The van der Waals surface area contributed by atoms with Crippen LogP contribution in [0.15, 0.2) is 47.5 Å². The molecule has 2 rings (SSSR count). The Hall–Kier alpha value is -1.89. The molecule has 0 saturated heterocycles. The Kier molecular flexibility index (Phi) is 10.2. The normalized spacial score (nSPS) is 12.3. The number of hydrogen-bond donors (Lipinski definition) is 2. The summed E-state index contributed by atoms with van der Waals surface area (Å²) in [5.74, 6) is -0.282. The number of sulfone groups is 1. The van der Waals surface area contributed by atoms with Crippen molar-refractivity contribution in [3.63, 3.8) is 0 Å². The van der Waals surface area contributed by atoms with Crippen molar-refractivity contribution in [3.8, 4) is 0 Å². The Balaban J connectivity index is 0.00000480. The van der Waals surface area contributed by atoms with E-state index >= 15 is 0 Å². The molecule has 11 heteroatoms. The molecule has 2 aromatic carbocycles. The maximum atomic E-state index is 13.6. The van der Waals surface area contributed by atoms with Crippen molar-refractivity contribution in [2.75, 3.05) is 19.8 Å². The molecule has 5 nitrogen and oxygen atoms in total. The summed E-state index contributed by atoms with van der Waals surface area (Å²) in [7, 11) is -1.74. The number of nitrogens with one attached hydrogen (secondary N) is 2. The molecule has 2 aromatic rings. The Morgan fingerprint density at radius 2 is 1.68 bits per heavy atom. The van der Waals surface area contributed by atoms with Gasteiger partial charge in [-0.2, -0.15) is 13.2 Å². The summed E-state index contributed by atoms with van der Waals surface area (Å²) >= 11 is 0. The summed E-state index contributed by atoms with van der Waals surface area (Å²) in [6.07, 6.45) is -2.79. The Bertz CT molecular complexity index is 994. The molecule has 0 amide bonds. The van der Waals surface area contributed by atoms with E-state index in [2.05, 4.69) is 15.6 Å². The highest BCUT2D eigenvalue weighted by molar-refractivity contribution is 14.0. The number of aliphatic imine (C=N–C) groups is 1. The van der Waals surface area contributed by atoms with Crippen molar-refractivity contribution in [2.24, 2.45) is 4.99 Å². The minimum Gasteiger partial charge on any atom is -0.356 e. The number of guanidine groups is 1. The second-order valence-electron chi connectivity index (χ2n) is 6.78. The fourth-order valence-electron chi connectivity index (χ4n) is 2.77. The standard InChI is InChI=1S/C20H23F4N3O2S.HI/c1-25-19(26-10-9-14-3-6-17(7-4-14)20(22,23)24)27-12-16-11-18(21)8-5-15(16)13-30(2,28)29;/h3-8,11H,9-10,12-13H2,1-2H3,(H2,25,26,27);1H. The van der Waals surface area contributed by atoms with Gasteiger partial charge < -0.3 is 10.6 Å². The third-order valence-corrected chi connectivity index (χ3v) is 5.08. The highest BCUT2D eigenvalue weighted by Crippen LogP contribution is 2.29. The summed E-state index contributed by atoms with van der Waals surface area (Å²) in [5.41, 5.74) is 1.01. The number of hydrogen-bond acceptors (Lipinski definition) is 3.